The number of imidazole rings is 1. The van der Waals surface area contributed by atoms with Gasteiger partial charge in [-0.2, -0.15) is 5.26 Å². The third-order valence-electron chi connectivity index (χ3n) is 1.68. The van der Waals surface area contributed by atoms with E-state index in [1.54, 1.807) is 6.20 Å². The van der Waals surface area contributed by atoms with Crippen LogP contribution in [0.5, 0.6) is 0 Å². The molecule has 3 nitrogen and oxygen atoms in total. The standard InChI is InChI=1S/C9H13N3/c1-9(2,3)7-6-11-8(12-7)4-5-10/h6H,4H2,1-3H3,(H,11,12). The van der Waals surface area contributed by atoms with Crippen molar-refractivity contribution < 1.29 is 0 Å². The molecule has 0 fully saturated rings. The Labute approximate surface area is 72.4 Å². The van der Waals surface area contributed by atoms with Gasteiger partial charge in [-0.3, -0.25) is 0 Å². The minimum atomic E-state index is 0.0840. The highest BCUT2D eigenvalue weighted by Gasteiger charge is 2.15. The number of rotatable bonds is 1. The Balaban J connectivity index is 2.86. The molecule has 1 heterocycles. The maximum atomic E-state index is 8.42. The van der Waals surface area contributed by atoms with Crippen LogP contribution in [0.25, 0.3) is 0 Å². The fourth-order valence-corrected chi connectivity index (χ4v) is 0.908. The molecular weight excluding hydrogens is 150 g/mol. The average molecular weight is 163 g/mol. The summed E-state index contributed by atoms with van der Waals surface area (Å²) in [6.07, 6.45) is 2.16. The Bertz CT molecular complexity index is 298. The maximum Gasteiger partial charge on any atom is 0.120 e. The summed E-state index contributed by atoms with van der Waals surface area (Å²) in [6.45, 7) is 6.32. The van der Waals surface area contributed by atoms with Gasteiger partial charge in [0.1, 0.15) is 5.82 Å². The second kappa shape index (κ2) is 2.98. The predicted molar refractivity (Wildman–Crippen MR) is 46.6 cm³/mol. The summed E-state index contributed by atoms with van der Waals surface area (Å²) < 4.78 is 0. The molecule has 0 aromatic carbocycles. The molecule has 0 aliphatic carbocycles. The van der Waals surface area contributed by atoms with Gasteiger partial charge in [-0.15, -0.1) is 0 Å². The largest absolute Gasteiger partial charge is 0.345 e. The first kappa shape index (κ1) is 8.79. The Kier molecular flexibility index (Phi) is 2.18. The number of nitriles is 1. The van der Waals surface area contributed by atoms with Crippen molar-refractivity contribution in [2.75, 3.05) is 0 Å². The quantitative estimate of drug-likeness (QED) is 0.686. The van der Waals surface area contributed by atoms with E-state index in [-0.39, 0.29) is 5.41 Å². The molecule has 0 atom stereocenters. The van der Waals surface area contributed by atoms with Crippen LogP contribution < -0.4 is 0 Å². The lowest BCUT2D eigenvalue weighted by Gasteiger charge is -2.14. The van der Waals surface area contributed by atoms with Crippen LogP contribution in [0.1, 0.15) is 32.3 Å². The minimum Gasteiger partial charge on any atom is -0.345 e. The Morgan fingerprint density at radius 2 is 2.25 bits per heavy atom. The molecule has 1 N–H and O–H groups in total. The molecule has 1 aromatic rings. The normalized spacial score (nSPS) is 11.2. The van der Waals surface area contributed by atoms with Crippen LogP contribution in [0, 0.1) is 11.3 Å². The van der Waals surface area contributed by atoms with E-state index in [0.29, 0.717) is 6.42 Å². The lowest BCUT2D eigenvalue weighted by molar-refractivity contribution is 0.571. The fraction of sp³-hybridized carbons (Fsp3) is 0.556. The van der Waals surface area contributed by atoms with Crippen LogP contribution in [0.3, 0.4) is 0 Å². The summed E-state index contributed by atoms with van der Waals surface area (Å²) in [5.41, 5.74) is 1.16. The molecule has 1 rings (SSSR count). The SMILES string of the molecule is CC(C)(C)c1cnc(CC#N)[nH]1. The second-order valence-corrected chi connectivity index (χ2v) is 3.83. The molecule has 1 aromatic heterocycles. The first-order chi connectivity index (χ1) is 5.54. The summed E-state index contributed by atoms with van der Waals surface area (Å²) in [4.78, 5) is 7.21. The van der Waals surface area contributed by atoms with Crippen molar-refractivity contribution in [1.29, 1.82) is 5.26 Å². The molecule has 0 spiro atoms. The lowest BCUT2D eigenvalue weighted by Crippen LogP contribution is -2.11. The number of hydrogen-bond acceptors (Lipinski definition) is 2. The van der Waals surface area contributed by atoms with Crippen LogP contribution in [0.2, 0.25) is 0 Å². The van der Waals surface area contributed by atoms with Gasteiger partial charge in [-0.1, -0.05) is 20.8 Å². The molecule has 0 aliphatic heterocycles. The lowest BCUT2D eigenvalue weighted by atomic mass is 9.93. The number of aromatic amines is 1. The van der Waals surface area contributed by atoms with Crippen molar-refractivity contribution in [1.82, 2.24) is 9.97 Å². The van der Waals surface area contributed by atoms with Gasteiger partial charge >= 0.3 is 0 Å². The highest BCUT2D eigenvalue weighted by molar-refractivity contribution is 5.12. The third-order valence-corrected chi connectivity index (χ3v) is 1.68. The zero-order chi connectivity index (χ0) is 9.19. The summed E-state index contributed by atoms with van der Waals surface area (Å²) in [5.74, 6) is 0.752. The molecule has 0 radical (unpaired) electrons. The minimum absolute atomic E-state index is 0.0840. The van der Waals surface area contributed by atoms with Crippen molar-refractivity contribution in [2.24, 2.45) is 0 Å². The van der Waals surface area contributed by atoms with Gasteiger partial charge in [-0.25, -0.2) is 4.98 Å². The van der Waals surface area contributed by atoms with E-state index in [0.717, 1.165) is 11.5 Å². The summed E-state index contributed by atoms with van der Waals surface area (Å²) in [6, 6.07) is 2.06. The fourth-order valence-electron chi connectivity index (χ4n) is 0.908. The molecule has 0 bridgehead atoms. The zero-order valence-electron chi connectivity index (χ0n) is 7.68. The molecule has 0 amide bonds. The van der Waals surface area contributed by atoms with Gasteiger partial charge < -0.3 is 4.98 Å². The average Bonchev–Trinajstić information content (AvgIpc) is 2.35. The van der Waals surface area contributed by atoms with E-state index in [2.05, 4.69) is 36.8 Å². The van der Waals surface area contributed by atoms with Crippen LogP contribution in [-0.2, 0) is 11.8 Å². The summed E-state index contributed by atoms with van der Waals surface area (Å²) in [7, 11) is 0. The molecule has 64 valence electrons. The first-order valence-electron chi connectivity index (χ1n) is 3.95. The monoisotopic (exact) mass is 163 g/mol. The summed E-state index contributed by atoms with van der Waals surface area (Å²) >= 11 is 0. The van der Waals surface area contributed by atoms with E-state index in [1.165, 1.54) is 0 Å². The van der Waals surface area contributed by atoms with Gasteiger partial charge in [0.2, 0.25) is 0 Å². The maximum absolute atomic E-state index is 8.42. The molecular formula is C9H13N3. The van der Waals surface area contributed by atoms with Crippen molar-refractivity contribution in [3.8, 4) is 6.07 Å². The van der Waals surface area contributed by atoms with E-state index in [4.69, 9.17) is 5.26 Å². The van der Waals surface area contributed by atoms with Gasteiger partial charge in [0.25, 0.3) is 0 Å². The smallest absolute Gasteiger partial charge is 0.120 e. The van der Waals surface area contributed by atoms with E-state index < -0.39 is 0 Å². The highest BCUT2D eigenvalue weighted by atomic mass is 14.9. The van der Waals surface area contributed by atoms with Gasteiger partial charge in [0.15, 0.2) is 0 Å². The summed E-state index contributed by atoms with van der Waals surface area (Å²) in [5, 5.41) is 8.42. The number of aromatic nitrogens is 2. The van der Waals surface area contributed by atoms with Crippen molar-refractivity contribution in [2.45, 2.75) is 32.6 Å². The van der Waals surface area contributed by atoms with Crippen molar-refractivity contribution in [3.05, 3.63) is 17.7 Å². The van der Waals surface area contributed by atoms with Crippen LogP contribution in [0.15, 0.2) is 6.20 Å². The Morgan fingerprint density at radius 1 is 1.58 bits per heavy atom. The number of H-pyrrole nitrogens is 1. The third kappa shape index (κ3) is 1.85. The number of hydrogen-bond donors (Lipinski definition) is 1. The van der Waals surface area contributed by atoms with Crippen LogP contribution in [0.4, 0.5) is 0 Å². The molecule has 0 saturated heterocycles. The molecule has 0 unspecified atom stereocenters. The molecule has 3 heteroatoms. The van der Waals surface area contributed by atoms with Gasteiger partial charge in [0, 0.05) is 17.3 Å². The van der Waals surface area contributed by atoms with Crippen LogP contribution >= 0.6 is 0 Å². The van der Waals surface area contributed by atoms with Gasteiger partial charge in [-0.05, 0) is 0 Å². The van der Waals surface area contributed by atoms with E-state index in [1.807, 2.05) is 0 Å². The van der Waals surface area contributed by atoms with Crippen molar-refractivity contribution >= 4 is 0 Å². The molecule has 12 heavy (non-hydrogen) atoms. The van der Waals surface area contributed by atoms with E-state index in [9.17, 15) is 0 Å². The Hall–Kier alpha value is -1.30. The highest BCUT2D eigenvalue weighted by Crippen LogP contribution is 2.19. The number of nitrogens with zero attached hydrogens (tertiary/aromatic N) is 2. The van der Waals surface area contributed by atoms with Crippen LogP contribution in [-0.4, -0.2) is 9.97 Å². The molecule has 0 saturated carbocycles. The van der Waals surface area contributed by atoms with Crippen molar-refractivity contribution in [3.63, 3.8) is 0 Å². The number of nitrogens with one attached hydrogen (secondary N) is 1. The van der Waals surface area contributed by atoms with E-state index >= 15 is 0 Å². The van der Waals surface area contributed by atoms with Gasteiger partial charge in [0.05, 0.1) is 12.5 Å². The second-order valence-electron chi connectivity index (χ2n) is 3.83. The first-order valence-corrected chi connectivity index (χ1v) is 3.95. The zero-order valence-corrected chi connectivity index (χ0v) is 7.68. The predicted octanol–water partition coefficient (Wildman–Crippen LogP) is 1.77. The Morgan fingerprint density at radius 3 is 2.67 bits per heavy atom. The molecule has 0 aliphatic rings. The topological polar surface area (TPSA) is 52.5 Å².